The van der Waals surface area contributed by atoms with Gasteiger partial charge in [-0.15, -0.1) is 0 Å². The Labute approximate surface area is 218 Å². The van der Waals surface area contributed by atoms with Crippen molar-refractivity contribution >= 4 is 56.5 Å². The summed E-state index contributed by atoms with van der Waals surface area (Å²) >= 11 is 0. The number of aromatic hydroxyl groups is 1. The molecular formula is C27H29N8O3+. The Morgan fingerprint density at radius 2 is 2.08 bits per heavy atom. The molecule has 0 unspecified atom stereocenters. The second-order valence-electron chi connectivity index (χ2n) is 9.57. The zero-order chi connectivity index (χ0) is 26.4. The van der Waals surface area contributed by atoms with E-state index in [9.17, 15) is 9.90 Å². The summed E-state index contributed by atoms with van der Waals surface area (Å²) in [6, 6.07) is 11.6. The van der Waals surface area contributed by atoms with E-state index in [2.05, 4.69) is 25.6 Å². The Bertz CT molecular complexity index is 1670. The molecule has 0 bridgehead atoms. The van der Waals surface area contributed by atoms with Gasteiger partial charge in [0.05, 0.1) is 35.8 Å². The molecular weight excluding hydrogens is 484 g/mol. The summed E-state index contributed by atoms with van der Waals surface area (Å²) in [7, 11) is 5.40. The Kier molecular flexibility index (Phi) is 5.76. The minimum absolute atomic E-state index is 0.0519. The van der Waals surface area contributed by atoms with Crippen LogP contribution >= 0.6 is 0 Å². The number of H-pyrrole nitrogens is 3. The maximum Gasteiger partial charge on any atom is 0.351 e. The van der Waals surface area contributed by atoms with Crippen LogP contribution in [0.4, 0.5) is 28.8 Å². The number of carbonyl (C=O) groups is 1. The first-order valence-corrected chi connectivity index (χ1v) is 12.3. The van der Waals surface area contributed by atoms with Crippen molar-refractivity contribution in [1.29, 1.82) is 0 Å². The Hall–Kier alpha value is -4.77. The van der Waals surface area contributed by atoms with Crippen LogP contribution in [-0.4, -0.2) is 65.2 Å². The van der Waals surface area contributed by atoms with Crippen molar-refractivity contribution in [2.75, 3.05) is 49.8 Å². The molecule has 3 aromatic heterocycles. The maximum atomic E-state index is 12.9. The van der Waals surface area contributed by atoms with E-state index >= 15 is 0 Å². The van der Waals surface area contributed by atoms with Gasteiger partial charge in [0.25, 0.3) is 0 Å². The number of nitrogens with zero attached hydrogens (tertiary/aromatic N) is 3. The van der Waals surface area contributed by atoms with Crippen molar-refractivity contribution in [3.05, 3.63) is 54.4 Å². The number of amides is 1. The summed E-state index contributed by atoms with van der Waals surface area (Å²) in [6.07, 6.45) is 4.36. The molecule has 5 aromatic rings. The van der Waals surface area contributed by atoms with Crippen molar-refractivity contribution in [2.45, 2.75) is 6.42 Å². The van der Waals surface area contributed by atoms with Crippen molar-refractivity contribution in [3.63, 3.8) is 0 Å². The molecule has 1 amide bonds. The van der Waals surface area contributed by atoms with Gasteiger partial charge in [-0.05, 0) is 44.3 Å². The fourth-order valence-corrected chi connectivity index (χ4v) is 4.97. The van der Waals surface area contributed by atoms with Crippen molar-refractivity contribution in [2.24, 2.45) is 0 Å². The van der Waals surface area contributed by atoms with Gasteiger partial charge >= 0.3 is 5.95 Å². The van der Waals surface area contributed by atoms with Crippen LogP contribution in [0.1, 0.15) is 5.56 Å². The molecule has 0 fully saturated rings. The third-order valence-corrected chi connectivity index (χ3v) is 6.72. The normalized spacial score (nSPS) is 12.9. The molecule has 0 saturated carbocycles. The number of likely N-dealkylation sites (N-methyl/N-ethyl adjacent to an activating group) is 1. The van der Waals surface area contributed by atoms with E-state index in [0.29, 0.717) is 41.7 Å². The van der Waals surface area contributed by atoms with E-state index in [1.165, 1.54) is 0 Å². The number of anilines is 5. The quantitative estimate of drug-likeness (QED) is 0.225. The monoisotopic (exact) mass is 513 g/mol. The number of aromatic amines is 3. The van der Waals surface area contributed by atoms with Gasteiger partial charge in [-0.1, -0.05) is 17.1 Å². The smallest absolute Gasteiger partial charge is 0.351 e. The number of methoxy groups -OCH3 is 1. The SMILES string of the molecule is COc1cc2c(cc1Nc1nc(Nc3cccc4c[nH]c(O)c34)c3cc[nH]c3[nH+]1)N(C(=O)CN(C)C)CC2. The second-order valence-corrected chi connectivity index (χ2v) is 9.57. The molecule has 1 aliphatic heterocycles. The fraction of sp³-hybridized carbons (Fsp3) is 0.222. The first-order chi connectivity index (χ1) is 18.4. The number of ether oxygens (including phenoxy) is 1. The van der Waals surface area contributed by atoms with Gasteiger partial charge in [0.15, 0.2) is 11.6 Å². The predicted octanol–water partition coefficient (Wildman–Crippen LogP) is 3.51. The van der Waals surface area contributed by atoms with Crippen LogP contribution in [0.2, 0.25) is 0 Å². The van der Waals surface area contributed by atoms with E-state index in [1.54, 1.807) is 13.3 Å². The molecule has 0 radical (unpaired) electrons. The van der Waals surface area contributed by atoms with Crippen LogP contribution in [0.3, 0.4) is 0 Å². The molecule has 6 rings (SSSR count). The number of carbonyl (C=O) groups excluding carboxylic acids is 1. The summed E-state index contributed by atoms with van der Waals surface area (Å²) in [4.78, 5) is 30.7. The summed E-state index contributed by atoms with van der Waals surface area (Å²) < 4.78 is 5.68. The lowest BCUT2D eigenvalue weighted by Crippen LogP contribution is -2.36. The third-order valence-electron chi connectivity index (χ3n) is 6.72. The number of aromatic nitrogens is 4. The molecule has 0 atom stereocenters. The number of hydrogen-bond acceptors (Lipinski definition) is 7. The maximum absolute atomic E-state index is 12.9. The molecule has 2 aromatic carbocycles. The summed E-state index contributed by atoms with van der Waals surface area (Å²) in [5.74, 6) is 1.86. The molecule has 11 nitrogen and oxygen atoms in total. The summed E-state index contributed by atoms with van der Waals surface area (Å²) in [5, 5.41) is 19.5. The largest absolute Gasteiger partial charge is 0.494 e. The molecule has 0 aliphatic carbocycles. The molecule has 0 saturated heterocycles. The van der Waals surface area contributed by atoms with E-state index < -0.39 is 0 Å². The van der Waals surface area contributed by atoms with Crippen LogP contribution in [-0.2, 0) is 11.2 Å². The van der Waals surface area contributed by atoms with Crippen LogP contribution < -0.4 is 25.3 Å². The standard InChI is InChI=1S/C27H28N8O3/c1-34(2)14-22(36)35-10-8-15-11-21(38-3)19(12-20(15)35)31-27-32-24-17(7-9-28-24)25(33-27)30-18-6-4-5-16-13-29-26(37)23(16)18/h4-7,9,11-13,29,37H,8,10,14H2,1-3H3,(H3,28,30,31,32,33)/p+1. The predicted molar refractivity (Wildman–Crippen MR) is 147 cm³/mol. The first kappa shape index (κ1) is 23.6. The summed E-state index contributed by atoms with van der Waals surface area (Å²) in [5.41, 5.74) is 4.10. The molecule has 38 heavy (non-hydrogen) atoms. The van der Waals surface area contributed by atoms with E-state index in [0.717, 1.165) is 39.8 Å². The Balaban J connectivity index is 1.37. The Morgan fingerprint density at radius 3 is 2.89 bits per heavy atom. The minimum atomic E-state index is 0.0519. The highest BCUT2D eigenvalue weighted by molar-refractivity contribution is 6.01. The molecule has 0 spiro atoms. The van der Waals surface area contributed by atoms with Crippen LogP contribution in [0.5, 0.6) is 11.6 Å². The average Bonchev–Trinajstić information content (AvgIpc) is 3.62. The van der Waals surface area contributed by atoms with Crippen LogP contribution in [0, 0.1) is 0 Å². The van der Waals surface area contributed by atoms with Crippen molar-refractivity contribution in [3.8, 4) is 11.6 Å². The molecule has 6 N–H and O–H groups in total. The fourth-order valence-electron chi connectivity index (χ4n) is 4.97. The first-order valence-electron chi connectivity index (χ1n) is 12.3. The number of nitrogens with one attached hydrogen (secondary N) is 5. The van der Waals surface area contributed by atoms with Crippen LogP contribution in [0.25, 0.3) is 21.8 Å². The van der Waals surface area contributed by atoms with Crippen molar-refractivity contribution < 1.29 is 19.6 Å². The van der Waals surface area contributed by atoms with E-state index in [4.69, 9.17) is 9.72 Å². The summed E-state index contributed by atoms with van der Waals surface area (Å²) in [6.45, 7) is 0.977. The van der Waals surface area contributed by atoms with Gasteiger partial charge in [-0.2, -0.15) is 0 Å². The van der Waals surface area contributed by atoms with Gasteiger partial charge in [-0.3, -0.25) is 15.1 Å². The van der Waals surface area contributed by atoms with E-state index in [-0.39, 0.29) is 11.8 Å². The highest BCUT2D eigenvalue weighted by atomic mass is 16.5. The molecule has 1 aliphatic rings. The zero-order valence-electron chi connectivity index (χ0n) is 21.3. The second kappa shape index (κ2) is 9.27. The lowest BCUT2D eigenvalue weighted by Gasteiger charge is -2.20. The van der Waals surface area contributed by atoms with Gasteiger partial charge in [-0.25, -0.2) is 4.98 Å². The molecule has 11 heteroatoms. The number of fused-ring (bicyclic) bond motifs is 3. The third kappa shape index (κ3) is 4.12. The van der Waals surface area contributed by atoms with Gasteiger partial charge < -0.3 is 29.9 Å². The Morgan fingerprint density at radius 1 is 1.21 bits per heavy atom. The topological polar surface area (TPSA) is 136 Å². The minimum Gasteiger partial charge on any atom is -0.494 e. The number of hydrogen-bond donors (Lipinski definition) is 5. The van der Waals surface area contributed by atoms with Gasteiger partial charge in [0, 0.05) is 30.4 Å². The highest BCUT2D eigenvalue weighted by Crippen LogP contribution is 2.39. The molecule has 194 valence electrons. The van der Waals surface area contributed by atoms with Crippen LogP contribution in [0.15, 0.2) is 48.8 Å². The van der Waals surface area contributed by atoms with Gasteiger partial charge in [0.2, 0.25) is 17.4 Å². The zero-order valence-corrected chi connectivity index (χ0v) is 21.3. The average molecular weight is 514 g/mol. The van der Waals surface area contributed by atoms with Gasteiger partial charge in [0.1, 0.15) is 5.69 Å². The lowest BCUT2D eigenvalue weighted by atomic mass is 10.1. The van der Waals surface area contributed by atoms with Crippen molar-refractivity contribution in [1.82, 2.24) is 19.9 Å². The number of rotatable bonds is 7. The molecule has 4 heterocycles. The lowest BCUT2D eigenvalue weighted by molar-refractivity contribution is -0.333. The highest BCUT2D eigenvalue weighted by Gasteiger charge is 2.28. The van der Waals surface area contributed by atoms with E-state index in [1.807, 2.05) is 66.5 Å². The number of benzene rings is 2.